The van der Waals surface area contributed by atoms with Gasteiger partial charge < -0.3 is 15.4 Å². The number of guanidine groups is 1. The lowest BCUT2D eigenvalue weighted by molar-refractivity contribution is 0.129. The van der Waals surface area contributed by atoms with Gasteiger partial charge in [-0.25, -0.2) is 0 Å². The van der Waals surface area contributed by atoms with Crippen LogP contribution in [0.4, 0.5) is 0 Å². The Morgan fingerprint density at radius 1 is 1.04 bits per heavy atom. The quantitative estimate of drug-likeness (QED) is 0.257. The van der Waals surface area contributed by atoms with E-state index in [1.165, 1.54) is 17.5 Å². The fraction of sp³-hybridized carbons (Fsp3) is 0.611. The molecular formula is C18H32IN3O. The highest BCUT2D eigenvalue weighted by Crippen LogP contribution is 2.02. The predicted molar refractivity (Wildman–Crippen MR) is 110 cm³/mol. The van der Waals surface area contributed by atoms with Gasteiger partial charge in [0.15, 0.2) is 5.96 Å². The van der Waals surface area contributed by atoms with E-state index < -0.39 is 0 Å². The Bertz CT molecular complexity index is 421. The van der Waals surface area contributed by atoms with Crippen molar-refractivity contribution in [3.63, 3.8) is 0 Å². The number of hydrogen-bond donors (Lipinski definition) is 2. The average Bonchev–Trinajstić information content (AvgIpc) is 2.54. The van der Waals surface area contributed by atoms with E-state index in [0.717, 1.165) is 51.5 Å². The first-order valence-corrected chi connectivity index (χ1v) is 8.34. The minimum atomic E-state index is 0. The zero-order chi connectivity index (χ0) is 16.0. The monoisotopic (exact) mass is 433 g/mol. The van der Waals surface area contributed by atoms with Crippen molar-refractivity contribution in [3.05, 3.63) is 35.4 Å². The molecule has 0 saturated heterocycles. The number of halogens is 1. The van der Waals surface area contributed by atoms with Crippen molar-refractivity contribution in [2.45, 2.75) is 39.5 Å². The van der Waals surface area contributed by atoms with Crippen LogP contribution in [0.5, 0.6) is 0 Å². The minimum absolute atomic E-state index is 0. The number of ether oxygens (including phenoxy) is 1. The molecule has 132 valence electrons. The second-order valence-electron chi connectivity index (χ2n) is 5.48. The summed E-state index contributed by atoms with van der Waals surface area (Å²) in [4.78, 5) is 4.23. The molecule has 0 atom stereocenters. The normalized spacial score (nSPS) is 11.0. The van der Waals surface area contributed by atoms with Crippen molar-refractivity contribution < 1.29 is 4.74 Å². The Morgan fingerprint density at radius 3 is 2.35 bits per heavy atom. The van der Waals surface area contributed by atoms with E-state index in [9.17, 15) is 0 Å². The van der Waals surface area contributed by atoms with E-state index in [0.29, 0.717) is 0 Å². The average molecular weight is 433 g/mol. The second-order valence-corrected chi connectivity index (χ2v) is 5.48. The van der Waals surface area contributed by atoms with Gasteiger partial charge in [-0.05, 0) is 31.7 Å². The summed E-state index contributed by atoms with van der Waals surface area (Å²) in [6.45, 7) is 7.75. The Hall–Kier alpha value is -0.820. The topological polar surface area (TPSA) is 45.6 Å². The number of benzene rings is 1. The van der Waals surface area contributed by atoms with Gasteiger partial charge in [0.25, 0.3) is 0 Å². The summed E-state index contributed by atoms with van der Waals surface area (Å²) in [6.07, 6.45) is 4.34. The molecule has 2 N–H and O–H groups in total. The molecular weight excluding hydrogens is 401 g/mol. The first kappa shape index (κ1) is 22.2. The molecule has 1 aromatic carbocycles. The van der Waals surface area contributed by atoms with Gasteiger partial charge in [-0.15, -0.1) is 24.0 Å². The summed E-state index contributed by atoms with van der Waals surface area (Å²) < 4.78 is 5.54. The van der Waals surface area contributed by atoms with Crippen LogP contribution in [-0.4, -0.2) is 39.3 Å². The Morgan fingerprint density at radius 2 is 1.70 bits per heavy atom. The lowest BCUT2D eigenvalue weighted by Gasteiger charge is -2.12. The second kappa shape index (κ2) is 14.8. The molecule has 23 heavy (non-hydrogen) atoms. The number of rotatable bonds is 10. The van der Waals surface area contributed by atoms with Crippen LogP contribution in [0.15, 0.2) is 29.3 Å². The number of aliphatic imine (C=N–C) groups is 1. The van der Waals surface area contributed by atoms with Crippen LogP contribution in [-0.2, 0) is 11.2 Å². The molecule has 4 nitrogen and oxygen atoms in total. The maximum Gasteiger partial charge on any atom is 0.190 e. The van der Waals surface area contributed by atoms with Gasteiger partial charge in [-0.3, -0.25) is 4.99 Å². The molecule has 0 amide bonds. The summed E-state index contributed by atoms with van der Waals surface area (Å²) in [6, 6.07) is 8.67. The van der Waals surface area contributed by atoms with Gasteiger partial charge in [-0.2, -0.15) is 0 Å². The lowest BCUT2D eigenvalue weighted by atomic mass is 10.1. The molecule has 0 heterocycles. The Labute approximate surface area is 158 Å². The fourth-order valence-corrected chi connectivity index (χ4v) is 2.03. The highest BCUT2D eigenvalue weighted by molar-refractivity contribution is 14.0. The van der Waals surface area contributed by atoms with Crippen LogP contribution >= 0.6 is 24.0 Å². The number of nitrogens with zero attached hydrogens (tertiary/aromatic N) is 1. The van der Waals surface area contributed by atoms with Crippen LogP contribution < -0.4 is 10.6 Å². The summed E-state index contributed by atoms with van der Waals surface area (Å²) in [5.74, 6) is 0.862. The molecule has 0 bridgehead atoms. The summed E-state index contributed by atoms with van der Waals surface area (Å²) in [7, 11) is 1.80. The first-order valence-electron chi connectivity index (χ1n) is 8.34. The Balaban J connectivity index is 0.00000484. The van der Waals surface area contributed by atoms with E-state index in [-0.39, 0.29) is 24.0 Å². The third-order valence-electron chi connectivity index (χ3n) is 3.45. The lowest BCUT2D eigenvalue weighted by Crippen LogP contribution is -2.39. The van der Waals surface area contributed by atoms with E-state index >= 15 is 0 Å². The van der Waals surface area contributed by atoms with Crippen molar-refractivity contribution in [2.24, 2.45) is 4.99 Å². The van der Waals surface area contributed by atoms with Gasteiger partial charge in [0.2, 0.25) is 0 Å². The van der Waals surface area contributed by atoms with Crippen molar-refractivity contribution in [1.29, 1.82) is 0 Å². The van der Waals surface area contributed by atoms with Crippen molar-refractivity contribution in [3.8, 4) is 0 Å². The fourth-order valence-electron chi connectivity index (χ4n) is 2.03. The number of nitrogens with one attached hydrogen (secondary N) is 2. The standard InChI is InChI=1S/C18H31N3O.HI/c1-4-5-14-22-15-6-12-20-18(19-3)21-13-11-17-9-7-16(2)8-10-17;/h7-10H,4-6,11-15H2,1-3H3,(H2,19,20,21);1H. The maximum atomic E-state index is 5.54. The van der Waals surface area contributed by atoms with Crippen LogP contribution in [0.1, 0.15) is 37.3 Å². The SMILES string of the molecule is CCCCOCCCNC(=NC)NCCc1ccc(C)cc1.I. The highest BCUT2D eigenvalue weighted by Gasteiger charge is 1.98. The van der Waals surface area contributed by atoms with E-state index in [1.807, 2.05) is 0 Å². The molecule has 0 spiro atoms. The number of hydrogen-bond acceptors (Lipinski definition) is 2. The summed E-state index contributed by atoms with van der Waals surface area (Å²) >= 11 is 0. The minimum Gasteiger partial charge on any atom is -0.381 e. The molecule has 0 radical (unpaired) electrons. The zero-order valence-corrected chi connectivity index (χ0v) is 17.1. The molecule has 0 aromatic heterocycles. The van der Waals surface area contributed by atoms with Crippen LogP contribution in [0.2, 0.25) is 0 Å². The van der Waals surface area contributed by atoms with Crippen LogP contribution in [0.25, 0.3) is 0 Å². The van der Waals surface area contributed by atoms with Gasteiger partial charge in [0, 0.05) is 33.4 Å². The summed E-state index contributed by atoms with van der Waals surface area (Å²) in [5.41, 5.74) is 2.65. The van der Waals surface area contributed by atoms with E-state index in [1.54, 1.807) is 7.05 Å². The van der Waals surface area contributed by atoms with Gasteiger partial charge in [0.1, 0.15) is 0 Å². The highest BCUT2D eigenvalue weighted by atomic mass is 127. The Kier molecular flexibility index (Phi) is 14.2. The number of unbranched alkanes of at least 4 members (excludes halogenated alkanes) is 1. The van der Waals surface area contributed by atoms with Gasteiger partial charge in [-0.1, -0.05) is 43.2 Å². The summed E-state index contributed by atoms with van der Waals surface area (Å²) in [5, 5.41) is 6.66. The van der Waals surface area contributed by atoms with E-state index in [2.05, 4.69) is 53.7 Å². The maximum absolute atomic E-state index is 5.54. The molecule has 0 saturated carbocycles. The van der Waals surface area contributed by atoms with Gasteiger partial charge in [0.05, 0.1) is 0 Å². The third-order valence-corrected chi connectivity index (χ3v) is 3.45. The molecule has 0 aliphatic rings. The van der Waals surface area contributed by atoms with Crippen molar-refractivity contribution >= 4 is 29.9 Å². The molecule has 0 unspecified atom stereocenters. The van der Waals surface area contributed by atoms with Crippen LogP contribution in [0.3, 0.4) is 0 Å². The predicted octanol–water partition coefficient (Wildman–Crippen LogP) is 3.53. The molecule has 1 aromatic rings. The zero-order valence-electron chi connectivity index (χ0n) is 14.7. The molecule has 0 fully saturated rings. The van der Waals surface area contributed by atoms with E-state index in [4.69, 9.17) is 4.74 Å². The van der Waals surface area contributed by atoms with Crippen molar-refractivity contribution in [1.82, 2.24) is 10.6 Å². The van der Waals surface area contributed by atoms with Crippen molar-refractivity contribution in [2.75, 3.05) is 33.4 Å². The van der Waals surface area contributed by atoms with Crippen LogP contribution in [0, 0.1) is 6.92 Å². The third kappa shape index (κ3) is 11.4. The molecule has 1 rings (SSSR count). The molecule has 0 aliphatic heterocycles. The van der Waals surface area contributed by atoms with Gasteiger partial charge >= 0.3 is 0 Å². The smallest absolute Gasteiger partial charge is 0.190 e. The molecule has 5 heteroatoms. The number of aryl methyl sites for hydroxylation is 1. The molecule has 0 aliphatic carbocycles. The first-order chi connectivity index (χ1) is 10.8. The largest absolute Gasteiger partial charge is 0.381 e.